The first-order chi connectivity index (χ1) is 10.4. The summed E-state index contributed by atoms with van der Waals surface area (Å²) in [7, 11) is -2.62. The zero-order valence-electron chi connectivity index (χ0n) is 12.2. The normalized spacial score (nSPS) is 28.5. The van der Waals surface area contributed by atoms with Gasteiger partial charge >= 0.3 is 0 Å². The van der Waals surface area contributed by atoms with Gasteiger partial charge in [-0.3, -0.25) is 4.18 Å². The van der Waals surface area contributed by atoms with Gasteiger partial charge in [0.2, 0.25) is 0 Å². The van der Waals surface area contributed by atoms with Gasteiger partial charge in [0, 0.05) is 7.11 Å². The molecular weight excluding hydrogens is 310 g/mol. The van der Waals surface area contributed by atoms with Crippen LogP contribution in [0, 0.1) is 24.2 Å². The van der Waals surface area contributed by atoms with Gasteiger partial charge in [-0.1, -0.05) is 17.7 Å². The molecule has 1 N–H and O–H groups in total. The van der Waals surface area contributed by atoms with Crippen LogP contribution in [0.15, 0.2) is 29.2 Å². The summed E-state index contributed by atoms with van der Waals surface area (Å²) in [6.07, 6.45) is -3.00. The molecule has 1 heterocycles. The summed E-state index contributed by atoms with van der Waals surface area (Å²) in [5.74, 6) is -0.918. The summed E-state index contributed by atoms with van der Waals surface area (Å²) < 4.78 is 39.3. The number of aryl methyl sites for hydroxylation is 1. The molecule has 1 aliphatic rings. The molecule has 2 rings (SSSR count). The fourth-order valence-corrected chi connectivity index (χ4v) is 3.07. The molecule has 0 unspecified atom stereocenters. The van der Waals surface area contributed by atoms with Crippen molar-refractivity contribution in [2.45, 2.75) is 30.3 Å². The third kappa shape index (κ3) is 3.45. The molecule has 7 nitrogen and oxygen atoms in total. The highest BCUT2D eigenvalue weighted by molar-refractivity contribution is 7.86. The van der Waals surface area contributed by atoms with Gasteiger partial charge in [-0.15, -0.1) is 0 Å². The van der Waals surface area contributed by atoms with E-state index in [0.29, 0.717) is 0 Å². The van der Waals surface area contributed by atoms with Crippen molar-refractivity contribution in [2.75, 3.05) is 13.7 Å². The van der Waals surface area contributed by atoms with Crippen LogP contribution in [0.1, 0.15) is 5.56 Å². The molecule has 120 valence electrons. The maximum Gasteiger partial charge on any atom is 0.297 e. The summed E-state index contributed by atoms with van der Waals surface area (Å²) in [6, 6.07) is 8.08. The lowest BCUT2D eigenvalue weighted by molar-refractivity contribution is -0.151. The number of methoxy groups -OCH3 is 1. The zero-order chi connectivity index (χ0) is 16.3. The third-order valence-electron chi connectivity index (χ3n) is 3.43. The van der Waals surface area contributed by atoms with Crippen LogP contribution < -0.4 is 0 Å². The quantitative estimate of drug-likeness (QED) is 0.788. The third-order valence-corrected chi connectivity index (χ3v) is 4.73. The molecule has 0 amide bonds. The Hall–Kier alpha value is -1.50. The molecule has 1 aliphatic heterocycles. The first-order valence-corrected chi connectivity index (χ1v) is 8.02. The fraction of sp³-hybridized carbons (Fsp3) is 0.500. The van der Waals surface area contributed by atoms with Crippen molar-refractivity contribution in [2.24, 2.45) is 5.92 Å². The number of rotatable bonds is 5. The maximum absolute atomic E-state index is 12.1. The SMILES string of the molecule is CO[C@@H]1O[C@H](COS(=O)(=O)c2ccc(C)cc2)[C@H](C#N)[C@H]1O. The molecule has 1 aromatic rings. The van der Waals surface area contributed by atoms with Crippen LogP contribution in [0.5, 0.6) is 0 Å². The molecular formula is C14H17NO6S. The first kappa shape index (κ1) is 16.9. The summed E-state index contributed by atoms with van der Waals surface area (Å²) in [5, 5.41) is 18.9. The van der Waals surface area contributed by atoms with Crippen LogP contribution in [0.2, 0.25) is 0 Å². The fourth-order valence-electron chi connectivity index (χ4n) is 2.15. The second-order valence-electron chi connectivity index (χ2n) is 4.98. The van der Waals surface area contributed by atoms with E-state index in [0.717, 1.165) is 5.56 Å². The molecule has 1 saturated heterocycles. The average molecular weight is 327 g/mol. The monoisotopic (exact) mass is 327 g/mol. The molecule has 0 spiro atoms. The topological polar surface area (TPSA) is 106 Å². The highest BCUT2D eigenvalue weighted by Crippen LogP contribution is 2.28. The molecule has 1 aromatic carbocycles. The zero-order valence-corrected chi connectivity index (χ0v) is 13.0. The Labute approximate surface area is 129 Å². The van der Waals surface area contributed by atoms with Gasteiger partial charge in [-0.25, -0.2) is 0 Å². The number of hydrogen-bond donors (Lipinski definition) is 1. The number of benzene rings is 1. The van der Waals surface area contributed by atoms with Crippen molar-refractivity contribution in [3.05, 3.63) is 29.8 Å². The van der Waals surface area contributed by atoms with Crippen molar-refractivity contribution in [3.63, 3.8) is 0 Å². The van der Waals surface area contributed by atoms with E-state index in [4.69, 9.17) is 18.9 Å². The summed E-state index contributed by atoms with van der Waals surface area (Å²) in [4.78, 5) is 0.0217. The molecule has 0 saturated carbocycles. The molecule has 8 heteroatoms. The van der Waals surface area contributed by atoms with Gasteiger partial charge in [0.1, 0.15) is 18.1 Å². The Morgan fingerprint density at radius 3 is 2.55 bits per heavy atom. The van der Waals surface area contributed by atoms with E-state index in [9.17, 15) is 13.5 Å². The van der Waals surface area contributed by atoms with Gasteiger partial charge in [-0.05, 0) is 19.1 Å². The van der Waals surface area contributed by atoms with Crippen molar-refractivity contribution < 1.29 is 27.2 Å². The molecule has 22 heavy (non-hydrogen) atoms. The van der Waals surface area contributed by atoms with E-state index in [-0.39, 0.29) is 11.5 Å². The summed E-state index contributed by atoms with van der Waals surface area (Å²) in [5.41, 5.74) is 0.925. The van der Waals surface area contributed by atoms with Crippen molar-refractivity contribution in [3.8, 4) is 6.07 Å². The average Bonchev–Trinajstić information content (AvgIpc) is 2.81. The van der Waals surface area contributed by atoms with Crippen LogP contribution >= 0.6 is 0 Å². The van der Waals surface area contributed by atoms with Crippen molar-refractivity contribution in [1.29, 1.82) is 5.26 Å². The Balaban J connectivity index is 2.06. The van der Waals surface area contributed by atoms with Crippen molar-refractivity contribution in [1.82, 2.24) is 0 Å². The second-order valence-corrected chi connectivity index (χ2v) is 6.59. The molecule has 0 aromatic heterocycles. The lowest BCUT2D eigenvalue weighted by atomic mass is 10.0. The van der Waals surface area contributed by atoms with Crippen LogP contribution in [-0.4, -0.2) is 45.7 Å². The maximum atomic E-state index is 12.1. The molecule has 0 radical (unpaired) electrons. The largest absolute Gasteiger partial charge is 0.386 e. The molecule has 4 atom stereocenters. The number of aliphatic hydroxyl groups is 1. The molecule has 0 aliphatic carbocycles. The van der Waals surface area contributed by atoms with Crippen LogP contribution in [-0.2, 0) is 23.8 Å². The van der Waals surface area contributed by atoms with E-state index in [1.54, 1.807) is 12.1 Å². The smallest absolute Gasteiger partial charge is 0.297 e. The van der Waals surface area contributed by atoms with E-state index >= 15 is 0 Å². The van der Waals surface area contributed by atoms with Crippen LogP contribution in [0.3, 0.4) is 0 Å². The molecule has 1 fully saturated rings. The lowest BCUT2D eigenvalue weighted by Crippen LogP contribution is -2.29. The lowest BCUT2D eigenvalue weighted by Gasteiger charge is -2.13. The highest BCUT2D eigenvalue weighted by atomic mass is 32.2. The van der Waals surface area contributed by atoms with Gasteiger partial charge in [0.25, 0.3) is 10.1 Å². The van der Waals surface area contributed by atoms with Gasteiger partial charge in [0.05, 0.1) is 17.6 Å². The van der Waals surface area contributed by atoms with Gasteiger partial charge < -0.3 is 14.6 Å². The number of aliphatic hydroxyl groups excluding tert-OH is 1. The Kier molecular flexibility index (Phi) is 5.16. The van der Waals surface area contributed by atoms with Crippen LogP contribution in [0.25, 0.3) is 0 Å². The standard InChI is InChI=1S/C14H17NO6S/c1-9-3-5-10(6-4-9)22(17,18)20-8-12-11(7-15)13(16)14(19-2)21-12/h3-6,11-14,16H,8H2,1-2H3/t11-,12+,13+,14+/m0/s1. The number of hydrogen-bond acceptors (Lipinski definition) is 7. The van der Waals surface area contributed by atoms with E-state index in [2.05, 4.69) is 0 Å². The number of ether oxygens (including phenoxy) is 2. The summed E-state index contributed by atoms with van der Waals surface area (Å²) >= 11 is 0. The minimum atomic E-state index is -3.95. The van der Waals surface area contributed by atoms with E-state index in [1.807, 2.05) is 13.0 Å². The molecule has 0 bridgehead atoms. The minimum absolute atomic E-state index is 0.0217. The Bertz CT molecular complexity index is 651. The van der Waals surface area contributed by atoms with Gasteiger partial charge in [-0.2, -0.15) is 13.7 Å². The Morgan fingerprint density at radius 2 is 2.00 bits per heavy atom. The minimum Gasteiger partial charge on any atom is -0.386 e. The summed E-state index contributed by atoms with van der Waals surface area (Å²) in [6.45, 7) is 1.47. The van der Waals surface area contributed by atoms with E-state index in [1.165, 1.54) is 19.2 Å². The number of nitrogens with zero attached hydrogens (tertiary/aromatic N) is 1. The predicted octanol–water partition coefficient (Wildman–Crippen LogP) is 0.572. The van der Waals surface area contributed by atoms with Gasteiger partial charge in [0.15, 0.2) is 6.29 Å². The highest BCUT2D eigenvalue weighted by Gasteiger charge is 2.45. The second kappa shape index (κ2) is 6.73. The predicted molar refractivity (Wildman–Crippen MR) is 75.1 cm³/mol. The first-order valence-electron chi connectivity index (χ1n) is 6.61. The van der Waals surface area contributed by atoms with Crippen molar-refractivity contribution >= 4 is 10.1 Å². The van der Waals surface area contributed by atoms with E-state index < -0.39 is 34.5 Å². The van der Waals surface area contributed by atoms with Crippen LogP contribution in [0.4, 0.5) is 0 Å². The number of nitriles is 1. The Morgan fingerprint density at radius 1 is 1.36 bits per heavy atom.